The zero-order chi connectivity index (χ0) is 49.5. The second-order valence-electron chi connectivity index (χ2n) is 21.7. The first-order chi connectivity index (χ1) is 37.7. The van der Waals surface area contributed by atoms with E-state index in [1.54, 1.807) is 0 Å². The molecular formula is C75H45N. The Morgan fingerprint density at radius 1 is 0.171 bits per heavy atom. The van der Waals surface area contributed by atoms with Gasteiger partial charge in [-0.15, -0.1) is 0 Å². The molecule has 0 saturated heterocycles. The van der Waals surface area contributed by atoms with Crippen molar-refractivity contribution in [2.75, 3.05) is 4.90 Å². The van der Waals surface area contributed by atoms with Gasteiger partial charge in [-0.25, -0.2) is 0 Å². The van der Waals surface area contributed by atoms with Gasteiger partial charge in [-0.2, -0.15) is 0 Å². The van der Waals surface area contributed by atoms with Crippen LogP contribution in [0.5, 0.6) is 0 Å². The lowest BCUT2D eigenvalue weighted by molar-refractivity contribution is 0.672. The highest BCUT2D eigenvalue weighted by atomic mass is 15.2. The molecule has 3 heterocycles. The SMILES string of the molecule is c1ccc(-c2cc3c4c(c2)C2(c5ccccc5-c5ccccc52)c2cc(-c5ccccc5)cc5c2N4c2c(cc(-c4ccccc4)cc2C52c4ccccc4-c4ccccc42)C32c3ccccc3-c3ccccc32)cc1. The number of hydrogen-bond acceptors (Lipinski definition) is 1. The zero-order valence-corrected chi connectivity index (χ0v) is 41.4. The van der Waals surface area contributed by atoms with Crippen LogP contribution in [0.15, 0.2) is 273 Å². The van der Waals surface area contributed by atoms with Crippen LogP contribution in [-0.2, 0) is 16.2 Å². The molecule has 1 nitrogen and oxygen atoms in total. The van der Waals surface area contributed by atoms with Gasteiger partial charge in [0.05, 0.1) is 33.3 Å². The van der Waals surface area contributed by atoms with Crippen molar-refractivity contribution < 1.29 is 0 Å². The van der Waals surface area contributed by atoms with E-state index in [1.165, 1.54) is 151 Å². The minimum absolute atomic E-state index is 0.732. The summed E-state index contributed by atoms with van der Waals surface area (Å²) in [5, 5.41) is 0. The molecule has 0 saturated carbocycles. The minimum atomic E-state index is -0.732. The molecule has 1 heteroatoms. The molecule has 0 fully saturated rings. The van der Waals surface area contributed by atoms with E-state index in [-0.39, 0.29) is 0 Å². The molecule has 0 amide bonds. The van der Waals surface area contributed by atoms with Crippen LogP contribution < -0.4 is 4.90 Å². The van der Waals surface area contributed by atoms with Crippen molar-refractivity contribution in [2.45, 2.75) is 16.2 Å². The minimum Gasteiger partial charge on any atom is -0.308 e. The van der Waals surface area contributed by atoms with Gasteiger partial charge in [0.2, 0.25) is 0 Å². The third-order valence-corrected chi connectivity index (χ3v) is 18.6. The standard InChI is InChI=1S/C75H45N/c1-4-22-46(23-5-1)49-40-64-70-65(41-49)74(60-36-18-12-30-54(60)55-31-13-19-37-61(55)74)67-43-51(48-26-8-3-9-27-48)45-69-72(67)76(70)71-66(73(64)58-34-16-10-28-52(58)53-29-11-17-35-59(53)73)42-50(47-24-6-2-7-25-47)44-68(71)75(69)62-38-20-14-32-56(62)57-33-15-21-39-63(57)75/h1-45H. The molecule has 350 valence electrons. The highest BCUT2D eigenvalue weighted by Crippen LogP contribution is 2.76. The molecule has 0 aromatic heterocycles. The van der Waals surface area contributed by atoms with E-state index in [4.69, 9.17) is 0 Å². The molecule has 3 aliphatic carbocycles. The molecule has 3 spiro atoms. The number of benzene rings is 12. The topological polar surface area (TPSA) is 3.24 Å². The monoisotopic (exact) mass is 959 g/mol. The Morgan fingerprint density at radius 3 is 0.566 bits per heavy atom. The van der Waals surface area contributed by atoms with Crippen molar-refractivity contribution in [3.05, 3.63) is 340 Å². The summed E-state index contributed by atoms with van der Waals surface area (Å²) in [6, 6.07) is 105. The zero-order valence-electron chi connectivity index (χ0n) is 41.4. The van der Waals surface area contributed by atoms with Gasteiger partial charge in [0.15, 0.2) is 0 Å². The quantitative estimate of drug-likeness (QED) is 0.171. The van der Waals surface area contributed by atoms with Crippen molar-refractivity contribution >= 4 is 17.1 Å². The van der Waals surface area contributed by atoms with E-state index in [0.29, 0.717) is 0 Å². The lowest BCUT2D eigenvalue weighted by Crippen LogP contribution is -2.48. The third kappa shape index (κ3) is 4.64. The third-order valence-electron chi connectivity index (χ3n) is 18.6. The summed E-state index contributed by atoms with van der Waals surface area (Å²) in [6.07, 6.45) is 0. The molecule has 76 heavy (non-hydrogen) atoms. The van der Waals surface area contributed by atoms with Crippen LogP contribution in [0.4, 0.5) is 17.1 Å². The Labute approximate surface area is 442 Å². The maximum atomic E-state index is 2.82. The summed E-state index contributed by atoms with van der Waals surface area (Å²) in [4.78, 5) is 2.82. The molecule has 12 aromatic carbocycles. The fourth-order valence-electron chi connectivity index (χ4n) is 15.9. The van der Waals surface area contributed by atoms with Crippen LogP contribution in [0.3, 0.4) is 0 Å². The fraction of sp³-hybridized carbons (Fsp3) is 0.0400. The van der Waals surface area contributed by atoms with Gasteiger partial charge in [-0.05, 0) is 170 Å². The van der Waals surface area contributed by atoms with Gasteiger partial charge in [-0.1, -0.05) is 237 Å². The van der Waals surface area contributed by atoms with Crippen molar-refractivity contribution in [2.24, 2.45) is 0 Å². The first kappa shape index (κ1) is 40.9. The van der Waals surface area contributed by atoms with Crippen LogP contribution in [0, 0.1) is 0 Å². The average Bonchev–Trinajstić information content (AvgIpc) is 3.68. The highest BCUT2D eigenvalue weighted by Gasteiger charge is 2.64. The summed E-state index contributed by atoms with van der Waals surface area (Å²) in [6.45, 7) is 0. The summed E-state index contributed by atoms with van der Waals surface area (Å²) in [7, 11) is 0. The Kier molecular flexibility index (Phi) is 7.74. The predicted octanol–water partition coefficient (Wildman–Crippen LogP) is 18.2. The number of hydrogen-bond donors (Lipinski definition) is 0. The number of rotatable bonds is 3. The van der Waals surface area contributed by atoms with Gasteiger partial charge < -0.3 is 4.90 Å². The van der Waals surface area contributed by atoms with Gasteiger partial charge in [0.1, 0.15) is 0 Å². The molecule has 18 rings (SSSR count). The van der Waals surface area contributed by atoms with Gasteiger partial charge >= 0.3 is 0 Å². The molecular weight excluding hydrogens is 915 g/mol. The molecule has 12 aromatic rings. The second kappa shape index (κ2) is 14.4. The van der Waals surface area contributed by atoms with Crippen LogP contribution in [0.25, 0.3) is 66.8 Å². The van der Waals surface area contributed by atoms with Crippen molar-refractivity contribution in [3.63, 3.8) is 0 Å². The van der Waals surface area contributed by atoms with Crippen molar-refractivity contribution in [3.8, 4) is 66.8 Å². The van der Waals surface area contributed by atoms with Gasteiger partial charge in [0, 0.05) is 0 Å². The molecule has 0 unspecified atom stereocenters. The number of anilines is 3. The van der Waals surface area contributed by atoms with Gasteiger partial charge in [0.25, 0.3) is 0 Å². The van der Waals surface area contributed by atoms with E-state index in [1.807, 2.05) is 0 Å². The summed E-state index contributed by atoms with van der Waals surface area (Å²) in [5.74, 6) is 0. The lowest BCUT2D eigenvalue weighted by atomic mass is 9.53. The first-order valence-electron chi connectivity index (χ1n) is 26.8. The molecule has 0 N–H and O–H groups in total. The Morgan fingerprint density at radius 2 is 0.355 bits per heavy atom. The first-order valence-corrected chi connectivity index (χ1v) is 26.8. The molecule has 3 aliphatic heterocycles. The van der Waals surface area contributed by atoms with Gasteiger partial charge in [-0.3, -0.25) is 0 Å². The Hall–Kier alpha value is -9.56. The molecule has 0 bridgehead atoms. The van der Waals surface area contributed by atoms with Crippen molar-refractivity contribution in [1.29, 1.82) is 0 Å². The Balaban J connectivity index is 1.15. The summed E-state index contributed by atoms with van der Waals surface area (Å²) in [5.41, 5.74) is 32.6. The summed E-state index contributed by atoms with van der Waals surface area (Å²) < 4.78 is 0. The normalized spacial score (nSPS) is 15.4. The molecule has 0 radical (unpaired) electrons. The second-order valence-corrected chi connectivity index (χ2v) is 21.7. The maximum Gasteiger partial charge on any atom is 0.0754 e. The van der Waals surface area contributed by atoms with E-state index < -0.39 is 16.2 Å². The predicted molar refractivity (Wildman–Crippen MR) is 310 cm³/mol. The van der Waals surface area contributed by atoms with Crippen molar-refractivity contribution in [1.82, 2.24) is 0 Å². The average molecular weight is 960 g/mol. The lowest BCUT2D eigenvalue weighted by Gasteiger charge is -2.57. The van der Waals surface area contributed by atoms with Crippen LogP contribution in [0.1, 0.15) is 66.8 Å². The highest BCUT2D eigenvalue weighted by molar-refractivity contribution is 6.10. The maximum absolute atomic E-state index is 2.82. The fourth-order valence-corrected chi connectivity index (χ4v) is 15.9. The molecule has 0 atom stereocenters. The number of fused-ring (bicyclic) bond motifs is 21. The smallest absolute Gasteiger partial charge is 0.0754 e. The molecule has 6 aliphatic rings. The van der Waals surface area contributed by atoms with Crippen LogP contribution in [-0.4, -0.2) is 0 Å². The van der Waals surface area contributed by atoms with Crippen LogP contribution >= 0.6 is 0 Å². The van der Waals surface area contributed by atoms with Crippen LogP contribution in [0.2, 0.25) is 0 Å². The summed E-state index contributed by atoms with van der Waals surface area (Å²) >= 11 is 0. The van der Waals surface area contributed by atoms with E-state index in [9.17, 15) is 0 Å². The Bertz CT molecular complexity index is 3840. The van der Waals surface area contributed by atoms with E-state index in [0.717, 1.165) is 0 Å². The van der Waals surface area contributed by atoms with E-state index >= 15 is 0 Å². The number of nitrogens with zero attached hydrogens (tertiary/aromatic N) is 1. The largest absolute Gasteiger partial charge is 0.308 e. The van der Waals surface area contributed by atoms with E-state index in [2.05, 4.69) is 278 Å².